The van der Waals surface area contributed by atoms with E-state index in [1.807, 2.05) is 19.1 Å². The van der Waals surface area contributed by atoms with Crippen molar-refractivity contribution in [2.45, 2.75) is 26.3 Å². The fourth-order valence-electron chi connectivity index (χ4n) is 2.69. The van der Waals surface area contributed by atoms with Crippen LogP contribution in [0.3, 0.4) is 0 Å². The molecule has 2 rings (SSSR count). The summed E-state index contributed by atoms with van der Waals surface area (Å²) in [7, 11) is 0. The van der Waals surface area contributed by atoms with Crippen molar-refractivity contribution in [3.63, 3.8) is 0 Å². The summed E-state index contributed by atoms with van der Waals surface area (Å²) in [6, 6.07) is 7.24. The first-order chi connectivity index (χ1) is 13.5. The first-order valence-corrected chi connectivity index (χ1v) is 9.51. The number of ether oxygens (including phenoxy) is 2. The van der Waals surface area contributed by atoms with Crippen molar-refractivity contribution >= 4 is 5.96 Å². The summed E-state index contributed by atoms with van der Waals surface area (Å²) in [6.07, 6.45) is -4.30. The highest BCUT2D eigenvalue weighted by atomic mass is 19.4. The maximum Gasteiger partial charge on any atom is 0.411 e. The van der Waals surface area contributed by atoms with Crippen molar-refractivity contribution in [2.75, 3.05) is 52.5 Å². The van der Waals surface area contributed by atoms with Gasteiger partial charge in [0.15, 0.2) is 5.96 Å². The lowest BCUT2D eigenvalue weighted by Crippen LogP contribution is -2.44. The van der Waals surface area contributed by atoms with Crippen molar-refractivity contribution < 1.29 is 22.6 Å². The van der Waals surface area contributed by atoms with E-state index in [4.69, 9.17) is 4.74 Å². The molecule has 0 saturated carbocycles. The Kier molecular flexibility index (Phi) is 9.52. The molecule has 9 heteroatoms. The van der Waals surface area contributed by atoms with Crippen LogP contribution in [0.5, 0.6) is 0 Å². The third-order valence-corrected chi connectivity index (χ3v) is 4.15. The molecule has 0 amide bonds. The Hall–Kier alpha value is -1.84. The molecule has 28 heavy (non-hydrogen) atoms. The average molecular weight is 402 g/mol. The number of hydrogen-bond donors (Lipinski definition) is 2. The Labute approximate surface area is 164 Å². The second-order valence-corrected chi connectivity index (χ2v) is 6.50. The van der Waals surface area contributed by atoms with E-state index in [9.17, 15) is 13.2 Å². The second kappa shape index (κ2) is 11.9. The van der Waals surface area contributed by atoms with Gasteiger partial charge in [0.05, 0.1) is 26.4 Å². The largest absolute Gasteiger partial charge is 0.411 e. The maximum atomic E-state index is 12.1. The Balaban J connectivity index is 1.75. The number of rotatable bonds is 9. The Morgan fingerprint density at radius 3 is 2.46 bits per heavy atom. The van der Waals surface area contributed by atoms with Crippen LogP contribution in [0.4, 0.5) is 13.2 Å². The molecular weight excluding hydrogens is 373 g/mol. The number of morpholine rings is 1. The Bertz CT molecular complexity index is 588. The van der Waals surface area contributed by atoms with Crippen molar-refractivity contribution in [1.29, 1.82) is 0 Å². The molecule has 1 heterocycles. The molecule has 0 radical (unpaired) electrons. The zero-order valence-electron chi connectivity index (χ0n) is 16.2. The number of hydrogen-bond acceptors (Lipinski definition) is 4. The van der Waals surface area contributed by atoms with Crippen LogP contribution in [0, 0.1) is 0 Å². The number of aliphatic imine (C=N–C) groups is 1. The Morgan fingerprint density at radius 1 is 1.14 bits per heavy atom. The van der Waals surface area contributed by atoms with Gasteiger partial charge in [-0.25, -0.2) is 4.99 Å². The zero-order valence-corrected chi connectivity index (χ0v) is 16.2. The van der Waals surface area contributed by atoms with Crippen LogP contribution in [0.1, 0.15) is 18.1 Å². The summed E-state index contributed by atoms with van der Waals surface area (Å²) < 4.78 is 46.3. The summed E-state index contributed by atoms with van der Waals surface area (Å²) in [6.45, 7) is 7.15. The molecule has 1 aromatic carbocycles. The molecule has 0 atom stereocenters. The number of benzene rings is 1. The third-order valence-electron chi connectivity index (χ3n) is 4.15. The summed E-state index contributed by atoms with van der Waals surface area (Å²) in [4.78, 5) is 6.91. The zero-order chi connectivity index (χ0) is 20.2. The molecule has 1 aromatic rings. The van der Waals surface area contributed by atoms with Crippen molar-refractivity contribution in [3.05, 3.63) is 35.4 Å². The van der Waals surface area contributed by atoms with E-state index in [0.29, 0.717) is 12.1 Å². The number of guanidine groups is 1. The molecular formula is C19H29F3N4O2. The van der Waals surface area contributed by atoms with Gasteiger partial charge in [-0.05, 0) is 18.1 Å². The number of halogens is 3. The number of alkyl halides is 3. The monoisotopic (exact) mass is 402 g/mol. The quantitative estimate of drug-likeness (QED) is 0.490. The van der Waals surface area contributed by atoms with Gasteiger partial charge in [-0.2, -0.15) is 13.2 Å². The number of nitrogens with one attached hydrogen (secondary N) is 2. The predicted octanol–water partition coefficient (Wildman–Crippen LogP) is 2.15. The topological polar surface area (TPSA) is 58.1 Å². The van der Waals surface area contributed by atoms with Gasteiger partial charge >= 0.3 is 6.18 Å². The minimum Gasteiger partial charge on any atom is -0.379 e. The summed E-state index contributed by atoms with van der Waals surface area (Å²) in [5, 5.41) is 6.53. The molecule has 6 nitrogen and oxygen atoms in total. The van der Waals surface area contributed by atoms with Gasteiger partial charge in [-0.3, -0.25) is 4.90 Å². The van der Waals surface area contributed by atoms with Crippen molar-refractivity contribution in [3.8, 4) is 0 Å². The van der Waals surface area contributed by atoms with E-state index >= 15 is 0 Å². The van der Waals surface area contributed by atoms with E-state index in [0.717, 1.165) is 57.5 Å². The fraction of sp³-hybridized carbons (Fsp3) is 0.632. The number of nitrogens with zero attached hydrogens (tertiary/aromatic N) is 2. The average Bonchev–Trinajstić information content (AvgIpc) is 2.67. The minimum absolute atomic E-state index is 0.0607. The highest BCUT2D eigenvalue weighted by Crippen LogP contribution is 2.16. The van der Waals surface area contributed by atoms with E-state index in [1.165, 1.54) is 0 Å². The molecule has 0 bridgehead atoms. The molecule has 158 valence electrons. The van der Waals surface area contributed by atoms with Crippen LogP contribution in [-0.2, 0) is 22.6 Å². The first-order valence-electron chi connectivity index (χ1n) is 9.51. The van der Waals surface area contributed by atoms with Gasteiger partial charge < -0.3 is 20.1 Å². The van der Waals surface area contributed by atoms with Gasteiger partial charge in [0.2, 0.25) is 0 Å². The molecule has 1 aliphatic rings. The molecule has 1 aliphatic heterocycles. The van der Waals surface area contributed by atoms with E-state index in [2.05, 4.69) is 25.3 Å². The van der Waals surface area contributed by atoms with Crippen LogP contribution in [0.2, 0.25) is 0 Å². The van der Waals surface area contributed by atoms with Crippen molar-refractivity contribution in [2.24, 2.45) is 4.99 Å². The predicted molar refractivity (Wildman–Crippen MR) is 102 cm³/mol. The van der Waals surface area contributed by atoms with Crippen molar-refractivity contribution in [1.82, 2.24) is 15.5 Å². The third kappa shape index (κ3) is 9.38. The maximum absolute atomic E-state index is 12.1. The van der Waals surface area contributed by atoms with Gasteiger partial charge in [-0.1, -0.05) is 24.3 Å². The lowest BCUT2D eigenvalue weighted by Gasteiger charge is -2.26. The van der Waals surface area contributed by atoms with Crippen LogP contribution in [0.25, 0.3) is 0 Å². The van der Waals surface area contributed by atoms with Gasteiger partial charge in [-0.15, -0.1) is 0 Å². The van der Waals surface area contributed by atoms with E-state index < -0.39 is 12.8 Å². The highest BCUT2D eigenvalue weighted by molar-refractivity contribution is 5.79. The van der Waals surface area contributed by atoms with Gasteiger partial charge in [0.25, 0.3) is 0 Å². The summed E-state index contributed by atoms with van der Waals surface area (Å²) in [5.41, 5.74) is 1.68. The molecule has 0 unspecified atom stereocenters. The molecule has 1 saturated heterocycles. The molecule has 0 spiro atoms. The van der Waals surface area contributed by atoms with E-state index in [-0.39, 0.29) is 6.61 Å². The van der Waals surface area contributed by atoms with Gasteiger partial charge in [0.1, 0.15) is 6.61 Å². The second-order valence-electron chi connectivity index (χ2n) is 6.50. The standard InChI is InChI=1S/C19H29F3N4O2/c1-2-23-18(24-7-8-26-9-11-27-12-10-26)25-13-16-3-5-17(6-4-16)14-28-15-19(20,21)22/h3-6H,2,7-15H2,1H3,(H2,23,24,25). The fourth-order valence-corrected chi connectivity index (χ4v) is 2.69. The molecule has 1 fully saturated rings. The highest BCUT2D eigenvalue weighted by Gasteiger charge is 2.27. The molecule has 0 aromatic heterocycles. The van der Waals surface area contributed by atoms with E-state index in [1.54, 1.807) is 12.1 Å². The lowest BCUT2D eigenvalue weighted by molar-refractivity contribution is -0.176. The molecule has 2 N–H and O–H groups in total. The molecule has 0 aliphatic carbocycles. The van der Waals surface area contributed by atoms with Crippen LogP contribution >= 0.6 is 0 Å². The van der Waals surface area contributed by atoms with Crippen LogP contribution in [-0.4, -0.2) is 69.6 Å². The SMILES string of the molecule is CCNC(=NCc1ccc(COCC(F)(F)F)cc1)NCCN1CCOCC1. The van der Waals surface area contributed by atoms with Crippen LogP contribution in [0.15, 0.2) is 29.3 Å². The Morgan fingerprint density at radius 2 is 1.82 bits per heavy atom. The first kappa shape index (κ1) is 22.4. The smallest absolute Gasteiger partial charge is 0.379 e. The van der Waals surface area contributed by atoms with Crippen LogP contribution < -0.4 is 10.6 Å². The minimum atomic E-state index is -4.30. The summed E-state index contributed by atoms with van der Waals surface area (Å²) in [5.74, 6) is 0.744. The normalized spacial score (nSPS) is 16.2. The van der Waals surface area contributed by atoms with Gasteiger partial charge in [0, 0.05) is 32.7 Å². The summed E-state index contributed by atoms with van der Waals surface area (Å²) >= 11 is 0. The lowest BCUT2D eigenvalue weighted by atomic mass is 10.1.